The van der Waals surface area contributed by atoms with Gasteiger partial charge in [0, 0.05) is 0 Å². The summed E-state index contributed by atoms with van der Waals surface area (Å²) in [5.74, 6) is 1.04. The van der Waals surface area contributed by atoms with Gasteiger partial charge in [0.25, 0.3) is 0 Å². The molecule has 0 aromatic heterocycles. The molecule has 1 saturated carbocycles. The Morgan fingerprint density at radius 1 is 1.12 bits per heavy atom. The number of rotatable bonds is 3. The third-order valence-electron chi connectivity index (χ3n) is 7.54. The number of hydrogen-bond acceptors (Lipinski definition) is 5. The monoisotopic (exact) mass is 368 g/mol. The van der Waals surface area contributed by atoms with E-state index in [9.17, 15) is 15.3 Å². The van der Waals surface area contributed by atoms with Crippen LogP contribution in [-0.2, 0) is 9.47 Å². The van der Waals surface area contributed by atoms with Gasteiger partial charge in [0.05, 0.1) is 11.7 Å². The van der Waals surface area contributed by atoms with Crippen molar-refractivity contribution in [1.29, 1.82) is 0 Å². The molecule has 150 valence electrons. The van der Waals surface area contributed by atoms with Crippen molar-refractivity contribution in [3.05, 3.63) is 11.6 Å². The standard InChI is InChI=1S/C21H36O5/c1-12-7-6-8-13(2)21(12)10-9-15(11-21)20(4,5)26-19-18(24)17(23)16(22)14(3)25-19/h7,13-19,22-24H,6,8-11H2,1-5H3. The molecule has 0 aromatic carbocycles. The highest BCUT2D eigenvalue weighted by atomic mass is 16.7. The van der Waals surface area contributed by atoms with E-state index in [-0.39, 0.29) is 5.41 Å². The summed E-state index contributed by atoms with van der Waals surface area (Å²) in [6, 6.07) is 0. The van der Waals surface area contributed by atoms with Crippen molar-refractivity contribution in [1.82, 2.24) is 0 Å². The van der Waals surface area contributed by atoms with Gasteiger partial charge in [-0.1, -0.05) is 18.6 Å². The molecule has 3 rings (SSSR count). The molecule has 0 radical (unpaired) electrons. The highest BCUT2D eigenvalue weighted by Crippen LogP contribution is 2.57. The van der Waals surface area contributed by atoms with Gasteiger partial charge in [0.2, 0.25) is 0 Å². The van der Waals surface area contributed by atoms with Crippen LogP contribution in [0.25, 0.3) is 0 Å². The van der Waals surface area contributed by atoms with Crippen molar-refractivity contribution in [2.75, 3.05) is 0 Å². The lowest BCUT2D eigenvalue weighted by Crippen LogP contribution is -2.59. The molecular formula is C21H36O5. The number of aliphatic hydroxyl groups excluding tert-OH is 3. The molecule has 1 spiro atoms. The molecule has 8 unspecified atom stereocenters. The van der Waals surface area contributed by atoms with Crippen molar-refractivity contribution in [3.8, 4) is 0 Å². The van der Waals surface area contributed by atoms with E-state index in [1.54, 1.807) is 6.92 Å². The van der Waals surface area contributed by atoms with Crippen molar-refractivity contribution >= 4 is 0 Å². The van der Waals surface area contributed by atoms with Crippen LogP contribution in [0.15, 0.2) is 11.6 Å². The van der Waals surface area contributed by atoms with E-state index in [4.69, 9.17) is 9.47 Å². The minimum absolute atomic E-state index is 0.276. The predicted octanol–water partition coefficient (Wildman–Crippen LogP) is 2.77. The van der Waals surface area contributed by atoms with Crippen LogP contribution in [0.5, 0.6) is 0 Å². The summed E-state index contributed by atoms with van der Waals surface area (Å²) in [4.78, 5) is 0. The van der Waals surface area contributed by atoms with Crippen molar-refractivity contribution in [3.63, 3.8) is 0 Å². The molecule has 3 N–H and O–H groups in total. The van der Waals surface area contributed by atoms with Crippen LogP contribution in [0, 0.1) is 17.3 Å². The Morgan fingerprint density at radius 2 is 1.81 bits per heavy atom. The molecule has 1 aliphatic heterocycles. The van der Waals surface area contributed by atoms with Gasteiger partial charge in [0.15, 0.2) is 6.29 Å². The maximum absolute atomic E-state index is 10.3. The Labute approximate surface area is 157 Å². The van der Waals surface area contributed by atoms with E-state index >= 15 is 0 Å². The first-order valence-electron chi connectivity index (χ1n) is 10.1. The molecule has 0 aromatic rings. The smallest absolute Gasteiger partial charge is 0.187 e. The van der Waals surface area contributed by atoms with Crippen molar-refractivity contribution in [2.24, 2.45) is 17.3 Å². The fraction of sp³-hybridized carbons (Fsp3) is 0.905. The van der Waals surface area contributed by atoms with Crippen LogP contribution in [0.2, 0.25) is 0 Å². The van der Waals surface area contributed by atoms with E-state index < -0.39 is 36.3 Å². The summed E-state index contributed by atoms with van der Waals surface area (Å²) in [5.41, 5.74) is 1.32. The minimum Gasteiger partial charge on any atom is -0.388 e. The summed E-state index contributed by atoms with van der Waals surface area (Å²) >= 11 is 0. The molecule has 1 saturated heterocycles. The largest absolute Gasteiger partial charge is 0.388 e. The molecule has 2 aliphatic carbocycles. The topological polar surface area (TPSA) is 79.2 Å². The molecule has 2 fully saturated rings. The normalized spacial score (nSPS) is 47.2. The molecule has 1 heterocycles. The van der Waals surface area contributed by atoms with Crippen molar-refractivity contribution < 1.29 is 24.8 Å². The first kappa shape index (κ1) is 20.3. The summed E-state index contributed by atoms with van der Waals surface area (Å²) < 4.78 is 11.9. The third-order valence-corrected chi connectivity index (χ3v) is 7.54. The van der Waals surface area contributed by atoms with Crippen molar-refractivity contribution in [2.45, 2.75) is 103 Å². The second-order valence-electron chi connectivity index (χ2n) is 9.36. The fourth-order valence-corrected chi connectivity index (χ4v) is 5.40. The van der Waals surface area contributed by atoms with E-state index in [2.05, 4.69) is 33.8 Å². The molecule has 0 amide bonds. The first-order valence-corrected chi connectivity index (χ1v) is 10.1. The Morgan fingerprint density at radius 3 is 2.46 bits per heavy atom. The summed E-state index contributed by atoms with van der Waals surface area (Å²) in [6.07, 6.45) is 3.10. The molecule has 26 heavy (non-hydrogen) atoms. The van der Waals surface area contributed by atoms with Gasteiger partial charge >= 0.3 is 0 Å². The second-order valence-corrected chi connectivity index (χ2v) is 9.36. The van der Waals surface area contributed by atoms with Crippen LogP contribution in [0.1, 0.15) is 66.7 Å². The Hall–Kier alpha value is -0.460. The van der Waals surface area contributed by atoms with Gasteiger partial charge in [-0.3, -0.25) is 0 Å². The lowest BCUT2D eigenvalue weighted by Gasteiger charge is -2.45. The Balaban J connectivity index is 1.71. The van der Waals surface area contributed by atoms with E-state index in [0.29, 0.717) is 11.8 Å². The second kappa shape index (κ2) is 7.17. The maximum atomic E-state index is 10.3. The zero-order valence-electron chi connectivity index (χ0n) is 16.8. The number of hydrogen-bond donors (Lipinski definition) is 3. The maximum Gasteiger partial charge on any atom is 0.187 e. The highest BCUT2D eigenvalue weighted by Gasteiger charge is 2.51. The van der Waals surface area contributed by atoms with E-state index in [0.717, 1.165) is 12.8 Å². The zero-order chi connectivity index (χ0) is 19.3. The van der Waals surface area contributed by atoms with E-state index in [1.165, 1.54) is 24.8 Å². The third kappa shape index (κ3) is 3.37. The summed E-state index contributed by atoms with van der Waals surface area (Å²) in [7, 11) is 0. The summed E-state index contributed by atoms with van der Waals surface area (Å²) in [5, 5.41) is 30.2. The molecule has 5 heteroatoms. The molecule has 3 aliphatic rings. The van der Waals surface area contributed by atoms with E-state index in [1.807, 2.05) is 0 Å². The number of ether oxygens (including phenoxy) is 2. The first-order chi connectivity index (χ1) is 12.1. The van der Waals surface area contributed by atoms with Gasteiger partial charge in [-0.25, -0.2) is 0 Å². The Kier molecular flexibility index (Phi) is 5.59. The van der Waals surface area contributed by atoms with Crippen LogP contribution < -0.4 is 0 Å². The molecular weight excluding hydrogens is 332 g/mol. The van der Waals surface area contributed by atoms with Crippen LogP contribution in [0.3, 0.4) is 0 Å². The minimum atomic E-state index is -1.25. The van der Waals surface area contributed by atoms with Crippen LogP contribution in [0.4, 0.5) is 0 Å². The molecule has 0 bridgehead atoms. The van der Waals surface area contributed by atoms with Gasteiger partial charge in [-0.2, -0.15) is 0 Å². The van der Waals surface area contributed by atoms with Gasteiger partial charge in [-0.05, 0) is 77.0 Å². The van der Waals surface area contributed by atoms with Gasteiger partial charge in [-0.15, -0.1) is 0 Å². The zero-order valence-corrected chi connectivity index (χ0v) is 16.8. The van der Waals surface area contributed by atoms with Gasteiger partial charge in [0.1, 0.15) is 18.3 Å². The Bertz CT molecular complexity index is 545. The average molecular weight is 369 g/mol. The molecule has 8 atom stereocenters. The fourth-order valence-electron chi connectivity index (χ4n) is 5.40. The lowest BCUT2D eigenvalue weighted by molar-refractivity contribution is -0.322. The SMILES string of the molecule is CC1=CCCC(C)C12CCC(C(C)(C)OC1OC(C)C(O)C(O)C1O)C2. The predicted molar refractivity (Wildman–Crippen MR) is 99.4 cm³/mol. The van der Waals surface area contributed by atoms with Crippen LogP contribution in [-0.4, -0.2) is 51.6 Å². The van der Waals surface area contributed by atoms with Gasteiger partial charge < -0.3 is 24.8 Å². The highest BCUT2D eigenvalue weighted by molar-refractivity contribution is 5.20. The number of allylic oxidation sites excluding steroid dienone is 2. The number of aliphatic hydroxyl groups is 3. The quantitative estimate of drug-likeness (QED) is 0.668. The average Bonchev–Trinajstić information content (AvgIpc) is 3.03. The summed E-state index contributed by atoms with van der Waals surface area (Å²) in [6.45, 7) is 10.5. The lowest BCUT2D eigenvalue weighted by atomic mass is 9.64. The van der Waals surface area contributed by atoms with Crippen LogP contribution >= 0.6 is 0 Å². The molecule has 5 nitrogen and oxygen atoms in total.